The lowest BCUT2D eigenvalue weighted by Crippen LogP contribution is -2.50. The maximum Gasteiger partial charge on any atom is 0.0935 e. The van der Waals surface area contributed by atoms with Crippen LogP contribution in [-0.4, -0.2) is 40.8 Å². The van der Waals surface area contributed by atoms with Gasteiger partial charge in [-0.25, -0.2) is 0 Å². The van der Waals surface area contributed by atoms with E-state index >= 15 is 0 Å². The summed E-state index contributed by atoms with van der Waals surface area (Å²) in [5.74, 6) is 0.632. The Bertz CT molecular complexity index is 228. The Morgan fingerprint density at radius 2 is 2.13 bits per heavy atom. The second kappa shape index (κ2) is 4.04. The van der Waals surface area contributed by atoms with Gasteiger partial charge in [0.25, 0.3) is 0 Å². The molecule has 0 aromatic heterocycles. The van der Waals surface area contributed by atoms with Crippen LogP contribution in [0.1, 0.15) is 39.5 Å². The van der Waals surface area contributed by atoms with Crippen molar-refractivity contribution < 1.29 is 5.11 Å². The smallest absolute Gasteiger partial charge is 0.0935 e. The van der Waals surface area contributed by atoms with Crippen molar-refractivity contribution in [2.45, 2.75) is 57.2 Å². The summed E-state index contributed by atoms with van der Waals surface area (Å²) in [4.78, 5) is 2.51. The molecule has 0 bridgehead atoms. The number of hydrogen-bond acceptors (Lipinski definition) is 3. The Morgan fingerprint density at radius 1 is 1.47 bits per heavy atom. The normalized spacial score (nSPS) is 37.8. The van der Waals surface area contributed by atoms with Crippen molar-refractivity contribution in [3.8, 4) is 0 Å². The molecule has 0 amide bonds. The highest BCUT2D eigenvalue weighted by molar-refractivity contribution is 5.05. The Labute approximate surface area is 92.6 Å². The van der Waals surface area contributed by atoms with Crippen LogP contribution in [-0.2, 0) is 0 Å². The summed E-state index contributed by atoms with van der Waals surface area (Å²) in [6, 6.07) is 1.05. The van der Waals surface area contributed by atoms with E-state index in [0.717, 1.165) is 25.4 Å². The first-order valence-corrected chi connectivity index (χ1v) is 6.25. The minimum atomic E-state index is -0.618. The van der Waals surface area contributed by atoms with Gasteiger partial charge in [-0.15, -0.1) is 0 Å². The first kappa shape index (κ1) is 11.4. The molecule has 1 heterocycles. The van der Waals surface area contributed by atoms with E-state index in [0.29, 0.717) is 18.5 Å². The molecule has 2 unspecified atom stereocenters. The molecular formula is C12H24N2O. The second-order valence-electron chi connectivity index (χ2n) is 5.67. The maximum atomic E-state index is 10.5. The summed E-state index contributed by atoms with van der Waals surface area (Å²) in [5.41, 5.74) is 5.12. The average molecular weight is 212 g/mol. The van der Waals surface area contributed by atoms with Crippen LogP contribution >= 0.6 is 0 Å². The summed E-state index contributed by atoms with van der Waals surface area (Å²) in [6.07, 6.45) is 4.56. The lowest BCUT2D eigenvalue weighted by atomic mass is 9.88. The lowest BCUT2D eigenvalue weighted by molar-refractivity contribution is 0.00117. The molecule has 0 spiro atoms. The van der Waals surface area contributed by atoms with Gasteiger partial charge in [-0.05, 0) is 31.6 Å². The van der Waals surface area contributed by atoms with Crippen LogP contribution in [0, 0.1) is 5.92 Å². The predicted molar refractivity (Wildman–Crippen MR) is 61.6 cm³/mol. The van der Waals surface area contributed by atoms with Crippen molar-refractivity contribution in [3.63, 3.8) is 0 Å². The van der Waals surface area contributed by atoms with Gasteiger partial charge >= 0.3 is 0 Å². The van der Waals surface area contributed by atoms with Crippen LogP contribution in [0.4, 0.5) is 0 Å². The van der Waals surface area contributed by atoms with Crippen molar-refractivity contribution >= 4 is 0 Å². The van der Waals surface area contributed by atoms with Gasteiger partial charge in [0.15, 0.2) is 0 Å². The van der Waals surface area contributed by atoms with Gasteiger partial charge in [0.2, 0.25) is 0 Å². The van der Waals surface area contributed by atoms with E-state index in [-0.39, 0.29) is 0 Å². The molecular weight excluding hydrogens is 188 g/mol. The third-order valence-corrected chi connectivity index (χ3v) is 3.89. The Kier molecular flexibility index (Phi) is 3.06. The molecule has 1 aliphatic carbocycles. The zero-order valence-electron chi connectivity index (χ0n) is 9.95. The summed E-state index contributed by atoms with van der Waals surface area (Å²) in [6.45, 7) is 5.89. The molecule has 88 valence electrons. The lowest BCUT2D eigenvalue weighted by Gasteiger charge is -2.34. The predicted octanol–water partition coefficient (Wildman–Crippen LogP) is 0.959. The van der Waals surface area contributed by atoms with Crippen LogP contribution in [0.25, 0.3) is 0 Å². The van der Waals surface area contributed by atoms with Gasteiger partial charge in [-0.3, -0.25) is 4.90 Å². The standard InChI is InChI=1S/C12H24N2O/c1-9(2)7-11-12(15,8-13)5-6-14(11)10-3-4-10/h9-11,15H,3-8,13H2,1-2H3. The monoisotopic (exact) mass is 212 g/mol. The van der Waals surface area contributed by atoms with E-state index in [1.54, 1.807) is 0 Å². The van der Waals surface area contributed by atoms with E-state index in [1.807, 2.05) is 0 Å². The number of likely N-dealkylation sites (tertiary alicyclic amines) is 1. The number of aliphatic hydroxyl groups is 1. The van der Waals surface area contributed by atoms with Crippen LogP contribution in [0.2, 0.25) is 0 Å². The zero-order valence-corrected chi connectivity index (χ0v) is 9.95. The molecule has 0 radical (unpaired) electrons. The van der Waals surface area contributed by atoms with Gasteiger partial charge in [0.1, 0.15) is 0 Å². The molecule has 0 aromatic rings. The fourth-order valence-corrected chi connectivity index (χ4v) is 2.84. The molecule has 2 atom stereocenters. The highest BCUT2D eigenvalue weighted by Gasteiger charge is 2.49. The van der Waals surface area contributed by atoms with E-state index in [4.69, 9.17) is 5.73 Å². The molecule has 2 rings (SSSR count). The maximum absolute atomic E-state index is 10.5. The minimum Gasteiger partial charge on any atom is -0.387 e. The zero-order chi connectivity index (χ0) is 11.1. The van der Waals surface area contributed by atoms with E-state index < -0.39 is 5.60 Å². The molecule has 15 heavy (non-hydrogen) atoms. The van der Waals surface area contributed by atoms with Gasteiger partial charge < -0.3 is 10.8 Å². The first-order chi connectivity index (χ1) is 7.07. The van der Waals surface area contributed by atoms with Gasteiger partial charge in [-0.1, -0.05) is 13.8 Å². The van der Waals surface area contributed by atoms with Crippen LogP contribution in [0.3, 0.4) is 0 Å². The van der Waals surface area contributed by atoms with Crippen LogP contribution in [0.5, 0.6) is 0 Å². The van der Waals surface area contributed by atoms with Crippen molar-refractivity contribution in [1.82, 2.24) is 4.90 Å². The van der Waals surface area contributed by atoms with Gasteiger partial charge in [0, 0.05) is 25.2 Å². The van der Waals surface area contributed by atoms with Crippen LogP contribution in [0.15, 0.2) is 0 Å². The molecule has 2 fully saturated rings. The minimum absolute atomic E-state index is 0.301. The highest BCUT2D eigenvalue weighted by atomic mass is 16.3. The summed E-state index contributed by atoms with van der Waals surface area (Å²) < 4.78 is 0. The van der Waals surface area contributed by atoms with Gasteiger partial charge in [0.05, 0.1) is 5.60 Å². The van der Waals surface area contributed by atoms with Crippen molar-refractivity contribution in [3.05, 3.63) is 0 Å². The van der Waals surface area contributed by atoms with Crippen molar-refractivity contribution in [2.75, 3.05) is 13.1 Å². The molecule has 1 aliphatic heterocycles. The Balaban J connectivity index is 2.07. The fourth-order valence-electron chi connectivity index (χ4n) is 2.84. The first-order valence-electron chi connectivity index (χ1n) is 6.25. The van der Waals surface area contributed by atoms with Crippen LogP contribution < -0.4 is 5.73 Å². The molecule has 3 heteroatoms. The quantitative estimate of drug-likeness (QED) is 0.730. The largest absolute Gasteiger partial charge is 0.387 e. The number of rotatable bonds is 4. The summed E-state index contributed by atoms with van der Waals surface area (Å²) in [7, 11) is 0. The topological polar surface area (TPSA) is 49.5 Å². The molecule has 1 saturated heterocycles. The molecule has 3 nitrogen and oxygen atoms in total. The van der Waals surface area contributed by atoms with Crippen molar-refractivity contribution in [1.29, 1.82) is 0 Å². The molecule has 1 saturated carbocycles. The average Bonchev–Trinajstić information content (AvgIpc) is 2.96. The SMILES string of the molecule is CC(C)CC1N(C2CC2)CCC1(O)CN. The third-order valence-electron chi connectivity index (χ3n) is 3.89. The molecule has 0 aromatic carbocycles. The highest BCUT2D eigenvalue weighted by Crippen LogP contribution is 2.39. The fraction of sp³-hybridized carbons (Fsp3) is 1.00. The van der Waals surface area contributed by atoms with Gasteiger partial charge in [-0.2, -0.15) is 0 Å². The number of hydrogen-bond donors (Lipinski definition) is 2. The Morgan fingerprint density at radius 3 is 2.60 bits per heavy atom. The van der Waals surface area contributed by atoms with E-state index in [9.17, 15) is 5.11 Å². The number of nitrogens with two attached hydrogens (primary N) is 1. The van der Waals surface area contributed by atoms with E-state index in [1.165, 1.54) is 12.8 Å². The van der Waals surface area contributed by atoms with E-state index in [2.05, 4.69) is 18.7 Å². The van der Waals surface area contributed by atoms with Crippen molar-refractivity contribution in [2.24, 2.45) is 11.7 Å². The Hall–Kier alpha value is -0.120. The summed E-state index contributed by atoms with van der Waals surface area (Å²) >= 11 is 0. The number of nitrogens with zero attached hydrogens (tertiary/aromatic N) is 1. The third kappa shape index (κ3) is 2.19. The second-order valence-corrected chi connectivity index (χ2v) is 5.67. The molecule has 3 N–H and O–H groups in total. The summed E-state index contributed by atoms with van der Waals surface area (Å²) in [5, 5.41) is 10.5. The molecule has 2 aliphatic rings.